The van der Waals surface area contributed by atoms with Gasteiger partial charge in [0.05, 0.1) is 5.69 Å². The number of nitrogens with zero attached hydrogens (tertiary/aromatic N) is 3. The first-order chi connectivity index (χ1) is 9.00. The van der Waals surface area contributed by atoms with Crippen LogP contribution in [-0.4, -0.2) is 14.8 Å². The van der Waals surface area contributed by atoms with E-state index in [-0.39, 0.29) is 0 Å². The first-order valence-corrected chi connectivity index (χ1v) is 6.95. The van der Waals surface area contributed by atoms with Crippen molar-refractivity contribution in [3.05, 3.63) is 36.3 Å². The summed E-state index contributed by atoms with van der Waals surface area (Å²) in [5.41, 5.74) is 3.41. The first kappa shape index (κ1) is 13.8. The van der Waals surface area contributed by atoms with Crippen LogP contribution in [0.5, 0.6) is 0 Å². The Bertz CT molecular complexity index is 515. The van der Waals surface area contributed by atoms with E-state index < -0.39 is 0 Å². The molecule has 2 aromatic rings. The summed E-state index contributed by atoms with van der Waals surface area (Å²) in [6, 6.07) is 6.32. The SMILES string of the molecule is CC(C)C(c1ccc(-c2ccnn2C)cn1)C(C)C. The Morgan fingerprint density at radius 2 is 1.68 bits per heavy atom. The van der Waals surface area contributed by atoms with E-state index in [1.807, 2.05) is 30.2 Å². The van der Waals surface area contributed by atoms with Crippen LogP contribution in [0.4, 0.5) is 0 Å². The summed E-state index contributed by atoms with van der Waals surface area (Å²) in [7, 11) is 1.95. The van der Waals surface area contributed by atoms with Gasteiger partial charge in [-0.1, -0.05) is 27.7 Å². The minimum absolute atomic E-state index is 0.514. The maximum absolute atomic E-state index is 4.68. The van der Waals surface area contributed by atoms with Crippen LogP contribution in [-0.2, 0) is 7.05 Å². The molecule has 0 aliphatic rings. The van der Waals surface area contributed by atoms with Crippen molar-refractivity contribution in [3.63, 3.8) is 0 Å². The predicted molar refractivity (Wildman–Crippen MR) is 78.9 cm³/mol. The van der Waals surface area contributed by atoms with Gasteiger partial charge in [0.15, 0.2) is 0 Å². The fraction of sp³-hybridized carbons (Fsp3) is 0.500. The summed E-state index contributed by atoms with van der Waals surface area (Å²) < 4.78 is 1.87. The molecule has 3 heteroatoms. The molecule has 3 nitrogen and oxygen atoms in total. The van der Waals surface area contributed by atoms with Gasteiger partial charge in [-0.3, -0.25) is 9.67 Å². The van der Waals surface area contributed by atoms with Crippen molar-refractivity contribution in [1.82, 2.24) is 14.8 Å². The van der Waals surface area contributed by atoms with Gasteiger partial charge in [0.25, 0.3) is 0 Å². The summed E-state index contributed by atoms with van der Waals surface area (Å²) in [5, 5.41) is 4.20. The van der Waals surface area contributed by atoms with Gasteiger partial charge in [-0.25, -0.2) is 0 Å². The van der Waals surface area contributed by atoms with Crippen LogP contribution in [0.25, 0.3) is 11.3 Å². The molecule has 0 saturated heterocycles. The molecular formula is C16H23N3. The second-order valence-corrected chi connectivity index (χ2v) is 5.83. The Hall–Kier alpha value is -1.64. The van der Waals surface area contributed by atoms with Crippen molar-refractivity contribution in [3.8, 4) is 11.3 Å². The summed E-state index contributed by atoms with van der Waals surface area (Å²) >= 11 is 0. The van der Waals surface area contributed by atoms with Crippen molar-refractivity contribution in [2.45, 2.75) is 33.6 Å². The van der Waals surface area contributed by atoms with Crippen LogP contribution in [0, 0.1) is 11.8 Å². The fourth-order valence-corrected chi connectivity index (χ4v) is 2.86. The predicted octanol–water partition coefficient (Wildman–Crippen LogP) is 3.88. The highest BCUT2D eigenvalue weighted by Gasteiger charge is 2.20. The highest BCUT2D eigenvalue weighted by atomic mass is 15.3. The van der Waals surface area contributed by atoms with Gasteiger partial charge >= 0.3 is 0 Å². The lowest BCUT2D eigenvalue weighted by molar-refractivity contribution is 0.380. The van der Waals surface area contributed by atoms with E-state index in [0.29, 0.717) is 17.8 Å². The molecule has 0 N–H and O–H groups in total. The second-order valence-electron chi connectivity index (χ2n) is 5.83. The summed E-state index contributed by atoms with van der Waals surface area (Å²) in [6.45, 7) is 9.06. The monoisotopic (exact) mass is 257 g/mol. The summed E-state index contributed by atoms with van der Waals surface area (Å²) in [6.07, 6.45) is 3.78. The molecule has 0 aromatic carbocycles. The molecule has 19 heavy (non-hydrogen) atoms. The largest absolute Gasteiger partial charge is 0.268 e. The number of pyridine rings is 1. The van der Waals surface area contributed by atoms with E-state index >= 15 is 0 Å². The Balaban J connectivity index is 2.30. The number of aromatic nitrogens is 3. The van der Waals surface area contributed by atoms with Gasteiger partial charge in [-0.15, -0.1) is 0 Å². The molecule has 2 rings (SSSR count). The second kappa shape index (κ2) is 5.55. The zero-order valence-corrected chi connectivity index (χ0v) is 12.5. The van der Waals surface area contributed by atoms with E-state index in [0.717, 1.165) is 11.3 Å². The van der Waals surface area contributed by atoms with Gasteiger partial charge in [-0.05, 0) is 30.0 Å². The summed E-state index contributed by atoms with van der Waals surface area (Å²) in [5.74, 6) is 1.73. The van der Waals surface area contributed by atoms with Gasteiger partial charge < -0.3 is 0 Å². The first-order valence-electron chi connectivity index (χ1n) is 6.95. The molecule has 0 amide bonds. The Kier molecular flexibility index (Phi) is 4.03. The average molecular weight is 257 g/mol. The van der Waals surface area contributed by atoms with Crippen LogP contribution in [0.15, 0.2) is 30.6 Å². The molecule has 2 aromatic heterocycles. The molecular weight excluding hydrogens is 234 g/mol. The number of aryl methyl sites for hydroxylation is 1. The topological polar surface area (TPSA) is 30.7 Å². The summed E-state index contributed by atoms with van der Waals surface area (Å²) in [4.78, 5) is 4.68. The molecule has 0 unspecified atom stereocenters. The van der Waals surface area contributed by atoms with E-state index in [2.05, 4.69) is 49.9 Å². The Morgan fingerprint density at radius 1 is 1.00 bits per heavy atom. The Morgan fingerprint density at radius 3 is 2.11 bits per heavy atom. The lowest BCUT2D eigenvalue weighted by atomic mass is 9.82. The highest BCUT2D eigenvalue weighted by Crippen LogP contribution is 2.31. The van der Waals surface area contributed by atoms with E-state index in [1.54, 1.807) is 0 Å². The van der Waals surface area contributed by atoms with E-state index in [4.69, 9.17) is 0 Å². The fourth-order valence-electron chi connectivity index (χ4n) is 2.86. The van der Waals surface area contributed by atoms with E-state index in [1.165, 1.54) is 5.69 Å². The van der Waals surface area contributed by atoms with Crippen molar-refractivity contribution in [2.24, 2.45) is 18.9 Å². The quantitative estimate of drug-likeness (QED) is 0.832. The number of hydrogen-bond acceptors (Lipinski definition) is 2. The maximum Gasteiger partial charge on any atom is 0.0694 e. The minimum atomic E-state index is 0.514. The highest BCUT2D eigenvalue weighted by molar-refractivity contribution is 5.57. The maximum atomic E-state index is 4.68. The van der Waals surface area contributed by atoms with Crippen molar-refractivity contribution < 1.29 is 0 Å². The van der Waals surface area contributed by atoms with Crippen LogP contribution < -0.4 is 0 Å². The number of hydrogen-bond donors (Lipinski definition) is 0. The van der Waals surface area contributed by atoms with Gasteiger partial charge in [0.2, 0.25) is 0 Å². The zero-order valence-electron chi connectivity index (χ0n) is 12.5. The third-order valence-electron chi connectivity index (χ3n) is 3.68. The molecule has 0 atom stereocenters. The van der Waals surface area contributed by atoms with Crippen molar-refractivity contribution in [1.29, 1.82) is 0 Å². The Labute approximate surface area is 115 Å². The standard InChI is InChI=1S/C16H23N3/c1-11(2)16(12(3)4)14-7-6-13(10-17-14)15-8-9-18-19(15)5/h6-12,16H,1-5H3. The lowest BCUT2D eigenvalue weighted by Crippen LogP contribution is -2.14. The van der Waals surface area contributed by atoms with Crippen LogP contribution in [0.1, 0.15) is 39.3 Å². The van der Waals surface area contributed by atoms with Gasteiger partial charge in [0, 0.05) is 36.6 Å². The zero-order chi connectivity index (χ0) is 14.0. The molecule has 102 valence electrons. The smallest absolute Gasteiger partial charge is 0.0694 e. The average Bonchev–Trinajstić information content (AvgIpc) is 2.75. The van der Waals surface area contributed by atoms with Crippen molar-refractivity contribution >= 4 is 0 Å². The van der Waals surface area contributed by atoms with Crippen LogP contribution in [0.3, 0.4) is 0 Å². The molecule has 0 radical (unpaired) electrons. The molecule has 0 aliphatic carbocycles. The third kappa shape index (κ3) is 2.86. The molecule has 0 spiro atoms. The van der Waals surface area contributed by atoms with Crippen LogP contribution >= 0.6 is 0 Å². The molecule has 2 heterocycles. The number of rotatable bonds is 4. The van der Waals surface area contributed by atoms with E-state index in [9.17, 15) is 0 Å². The molecule has 0 fully saturated rings. The minimum Gasteiger partial charge on any atom is -0.268 e. The van der Waals surface area contributed by atoms with Gasteiger partial charge in [0.1, 0.15) is 0 Å². The van der Waals surface area contributed by atoms with Crippen molar-refractivity contribution in [2.75, 3.05) is 0 Å². The lowest BCUT2D eigenvalue weighted by Gasteiger charge is -2.24. The van der Waals surface area contributed by atoms with Crippen LogP contribution in [0.2, 0.25) is 0 Å². The molecule has 0 saturated carbocycles. The third-order valence-corrected chi connectivity index (χ3v) is 3.68. The normalized spacial score (nSPS) is 11.8. The van der Waals surface area contributed by atoms with Gasteiger partial charge in [-0.2, -0.15) is 5.10 Å². The molecule has 0 aliphatic heterocycles. The molecule has 0 bridgehead atoms.